The quantitative estimate of drug-likeness (QED) is 0.714. The molecule has 0 radical (unpaired) electrons. The Morgan fingerprint density at radius 1 is 1.41 bits per heavy atom. The third kappa shape index (κ3) is 5.79. The van der Waals surface area contributed by atoms with Gasteiger partial charge in [-0.1, -0.05) is 6.42 Å². The lowest BCUT2D eigenvalue weighted by Crippen LogP contribution is -2.40. The first-order chi connectivity index (χ1) is 10.3. The molecule has 1 aliphatic rings. The van der Waals surface area contributed by atoms with Gasteiger partial charge in [0.1, 0.15) is 11.4 Å². The largest absolute Gasteiger partial charge is 0.454 e. The number of hydrogen-bond acceptors (Lipinski definition) is 4. The highest BCUT2D eigenvalue weighted by Crippen LogP contribution is 2.25. The molecule has 1 amide bonds. The van der Waals surface area contributed by atoms with Crippen LogP contribution in [0.15, 0.2) is 16.5 Å². The number of nitrogens with one attached hydrogen (secondary N) is 2. The Balaban J connectivity index is 1.74. The molecule has 0 bridgehead atoms. The zero-order valence-corrected chi connectivity index (χ0v) is 15.6. The second-order valence-corrected chi connectivity index (χ2v) is 7.83. The van der Waals surface area contributed by atoms with Gasteiger partial charge in [-0.15, -0.1) is 0 Å². The van der Waals surface area contributed by atoms with Crippen LogP contribution < -0.4 is 10.6 Å². The second-order valence-electron chi connectivity index (χ2n) is 6.77. The topological polar surface area (TPSA) is 63.5 Å². The van der Waals surface area contributed by atoms with E-state index < -0.39 is 5.60 Å². The summed E-state index contributed by atoms with van der Waals surface area (Å²) in [5.41, 5.74) is -0.451. The highest BCUT2D eigenvalue weighted by Gasteiger charge is 2.28. The van der Waals surface area contributed by atoms with Crippen LogP contribution in [-0.4, -0.2) is 24.3 Å². The molecule has 6 heteroatoms. The number of alkyl carbamates (subject to hydrolysis) is 1. The van der Waals surface area contributed by atoms with E-state index >= 15 is 0 Å². The fourth-order valence-corrected chi connectivity index (χ4v) is 3.22. The van der Waals surface area contributed by atoms with Crippen molar-refractivity contribution < 1.29 is 13.9 Å². The lowest BCUT2D eigenvalue weighted by Gasteiger charge is -2.23. The van der Waals surface area contributed by atoms with Gasteiger partial charge in [0.15, 0.2) is 3.77 Å². The highest BCUT2D eigenvalue weighted by atomic mass is 127. The van der Waals surface area contributed by atoms with Crippen molar-refractivity contribution in [2.45, 2.75) is 58.2 Å². The number of amides is 1. The van der Waals surface area contributed by atoms with Crippen LogP contribution in [0.25, 0.3) is 0 Å². The monoisotopic (exact) mass is 420 g/mol. The maximum absolute atomic E-state index is 11.7. The van der Waals surface area contributed by atoms with Crippen LogP contribution in [0.1, 0.15) is 45.8 Å². The third-order valence-corrected chi connectivity index (χ3v) is 4.31. The molecule has 0 spiro atoms. The maximum atomic E-state index is 11.7. The number of halogens is 1. The molecule has 1 aliphatic carbocycles. The van der Waals surface area contributed by atoms with Gasteiger partial charge in [-0.25, -0.2) is 4.79 Å². The predicted molar refractivity (Wildman–Crippen MR) is 93.6 cm³/mol. The van der Waals surface area contributed by atoms with Gasteiger partial charge in [0, 0.05) is 12.6 Å². The lowest BCUT2D eigenvalue weighted by molar-refractivity contribution is 0.0517. The SMILES string of the molecule is CC(C)(C)OC(=O)NCC1CCCC1NCc1ccc(I)o1. The molecule has 2 unspecified atom stereocenters. The van der Waals surface area contributed by atoms with Crippen molar-refractivity contribution in [3.63, 3.8) is 0 Å². The Morgan fingerprint density at radius 3 is 2.82 bits per heavy atom. The fourth-order valence-electron chi connectivity index (χ4n) is 2.76. The van der Waals surface area contributed by atoms with Crippen molar-refractivity contribution in [1.29, 1.82) is 0 Å². The summed E-state index contributed by atoms with van der Waals surface area (Å²) in [7, 11) is 0. The molecule has 2 N–H and O–H groups in total. The van der Waals surface area contributed by atoms with E-state index in [4.69, 9.17) is 9.15 Å². The van der Waals surface area contributed by atoms with Gasteiger partial charge in [-0.3, -0.25) is 0 Å². The van der Waals surface area contributed by atoms with Crippen LogP contribution in [0.5, 0.6) is 0 Å². The van der Waals surface area contributed by atoms with E-state index in [0.29, 0.717) is 18.5 Å². The molecular formula is C16H25IN2O3. The van der Waals surface area contributed by atoms with Crippen LogP contribution in [0, 0.1) is 9.68 Å². The molecular weight excluding hydrogens is 395 g/mol. The minimum atomic E-state index is -0.451. The average molecular weight is 420 g/mol. The molecule has 0 aromatic carbocycles. The van der Waals surface area contributed by atoms with E-state index in [1.807, 2.05) is 32.9 Å². The van der Waals surface area contributed by atoms with Crippen LogP contribution >= 0.6 is 22.6 Å². The van der Waals surface area contributed by atoms with Crippen molar-refractivity contribution in [3.05, 3.63) is 21.7 Å². The zero-order chi connectivity index (χ0) is 16.2. The Kier molecular flexibility index (Phi) is 6.14. The van der Waals surface area contributed by atoms with Gasteiger partial charge in [-0.05, 0) is 74.3 Å². The van der Waals surface area contributed by atoms with Crippen LogP contribution in [0.3, 0.4) is 0 Å². The summed E-state index contributed by atoms with van der Waals surface area (Å²) in [5.74, 6) is 1.40. The van der Waals surface area contributed by atoms with Gasteiger partial charge in [0.2, 0.25) is 0 Å². The minimum absolute atomic E-state index is 0.335. The first kappa shape index (κ1) is 17.6. The second kappa shape index (κ2) is 7.68. The molecule has 5 nitrogen and oxygen atoms in total. The summed E-state index contributed by atoms with van der Waals surface area (Å²) < 4.78 is 11.8. The summed E-state index contributed by atoms with van der Waals surface area (Å²) in [4.78, 5) is 11.7. The van der Waals surface area contributed by atoms with Gasteiger partial charge in [0.25, 0.3) is 0 Å². The Labute approximate surface area is 145 Å². The number of carbonyl (C=O) groups is 1. The van der Waals surface area contributed by atoms with Crippen molar-refractivity contribution in [3.8, 4) is 0 Å². The molecule has 2 atom stereocenters. The first-order valence-corrected chi connectivity index (χ1v) is 8.86. The molecule has 124 valence electrons. The van der Waals surface area contributed by atoms with E-state index in [-0.39, 0.29) is 6.09 Å². The summed E-state index contributed by atoms with van der Waals surface area (Å²) in [5, 5.41) is 6.43. The molecule has 1 saturated carbocycles. The molecule has 1 aromatic heterocycles. The summed E-state index contributed by atoms with van der Waals surface area (Å²) >= 11 is 2.17. The van der Waals surface area contributed by atoms with E-state index in [9.17, 15) is 4.79 Å². The Bertz CT molecular complexity index is 496. The van der Waals surface area contributed by atoms with Gasteiger partial charge >= 0.3 is 6.09 Å². The third-order valence-electron chi connectivity index (χ3n) is 3.73. The number of ether oxygens (including phenoxy) is 1. The molecule has 0 aliphatic heterocycles. The summed E-state index contributed by atoms with van der Waals surface area (Å²) in [6, 6.07) is 4.38. The molecule has 2 rings (SSSR count). The van der Waals surface area contributed by atoms with Crippen molar-refractivity contribution in [2.75, 3.05) is 6.54 Å². The molecule has 1 heterocycles. The summed E-state index contributed by atoms with van der Waals surface area (Å²) in [6.45, 7) is 7.00. The first-order valence-electron chi connectivity index (χ1n) is 7.78. The summed E-state index contributed by atoms with van der Waals surface area (Å²) in [6.07, 6.45) is 3.12. The van der Waals surface area contributed by atoms with Crippen molar-refractivity contribution >= 4 is 28.7 Å². The van der Waals surface area contributed by atoms with Crippen molar-refractivity contribution in [1.82, 2.24) is 10.6 Å². The van der Waals surface area contributed by atoms with Crippen LogP contribution in [-0.2, 0) is 11.3 Å². The van der Waals surface area contributed by atoms with Gasteiger partial charge < -0.3 is 19.8 Å². The number of rotatable bonds is 5. The van der Waals surface area contributed by atoms with E-state index in [2.05, 4.69) is 33.2 Å². The fraction of sp³-hybridized carbons (Fsp3) is 0.688. The molecule has 0 saturated heterocycles. The van der Waals surface area contributed by atoms with E-state index in [0.717, 1.165) is 28.9 Å². The molecule has 1 aromatic rings. The van der Waals surface area contributed by atoms with Crippen molar-refractivity contribution in [2.24, 2.45) is 5.92 Å². The maximum Gasteiger partial charge on any atom is 0.407 e. The van der Waals surface area contributed by atoms with Gasteiger partial charge in [0.05, 0.1) is 6.54 Å². The minimum Gasteiger partial charge on any atom is -0.454 e. The number of carbonyl (C=O) groups excluding carboxylic acids is 1. The number of furan rings is 1. The Hall–Kier alpha value is -0.760. The van der Waals surface area contributed by atoms with E-state index in [1.54, 1.807) is 0 Å². The highest BCUT2D eigenvalue weighted by molar-refractivity contribution is 14.1. The number of hydrogen-bond donors (Lipinski definition) is 2. The Morgan fingerprint density at radius 2 is 2.18 bits per heavy atom. The standard InChI is InChI=1S/C16H25IN2O3/c1-16(2,3)22-15(20)19-9-11-5-4-6-13(11)18-10-12-7-8-14(17)21-12/h7-8,11,13,18H,4-6,9-10H2,1-3H3,(H,19,20). The molecule has 1 fully saturated rings. The van der Waals surface area contributed by atoms with E-state index in [1.165, 1.54) is 6.42 Å². The molecule has 22 heavy (non-hydrogen) atoms. The normalized spacial score (nSPS) is 21.8. The van der Waals surface area contributed by atoms with Crippen LogP contribution in [0.2, 0.25) is 0 Å². The zero-order valence-electron chi connectivity index (χ0n) is 13.4. The van der Waals surface area contributed by atoms with Crippen LogP contribution in [0.4, 0.5) is 4.79 Å². The van der Waals surface area contributed by atoms with Gasteiger partial charge in [-0.2, -0.15) is 0 Å². The predicted octanol–water partition coefficient (Wildman–Crippen LogP) is 3.67. The average Bonchev–Trinajstić information content (AvgIpc) is 3.00. The smallest absolute Gasteiger partial charge is 0.407 e. The lowest BCUT2D eigenvalue weighted by atomic mass is 10.0.